The van der Waals surface area contributed by atoms with E-state index < -0.39 is 0 Å². The first kappa shape index (κ1) is 16.0. The number of aromatic nitrogens is 2. The van der Waals surface area contributed by atoms with Crippen LogP contribution in [-0.4, -0.2) is 28.8 Å². The lowest BCUT2D eigenvalue weighted by molar-refractivity contribution is -0.116. The molecular formula is C16H28N4O. The molecule has 0 saturated carbocycles. The highest BCUT2D eigenvalue weighted by atomic mass is 16.1. The number of anilines is 1. The van der Waals surface area contributed by atoms with Gasteiger partial charge in [0.05, 0.1) is 17.1 Å². The van der Waals surface area contributed by atoms with Crippen molar-refractivity contribution >= 4 is 11.6 Å². The first-order valence-corrected chi connectivity index (χ1v) is 8.05. The largest absolute Gasteiger partial charge is 0.323 e. The third-order valence-electron chi connectivity index (χ3n) is 4.32. The summed E-state index contributed by atoms with van der Waals surface area (Å²) >= 11 is 0. The molecule has 1 aromatic rings. The molecule has 0 atom stereocenters. The molecule has 5 heteroatoms. The highest BCUT2D eigenvalue weighted by molar-refractivity contribution is 5.91. The van der Waals surface area contributed by atoms with Gasteiger partial charge in [0.25, 0.3) is 0 Å². The number of hydrogen-bond donors (Lipinski definition) is 2. The smallest absolute Gasteiger partial charge is 0.224 e. The van der Waals surface area contributed by atoms with Crippen molar-refractivity contribution in [1.82, 2.24) is 15.1 Å². The van der Waals surface area contributed by atoms with Crippen LogP contribution in [0.1, 0.15) is 57.0 Å². The lowest BCUT2D eigenvalue weighted by Crippen LogP contribution is -2.28. The molecule has 2 N–H and O–H groups in total. The fourth-order valence-corrected chi connectivity index (χ4v) is 3.05. The Morgan fingerprint density at radius 3 is 2.62 bits per heavy atom. The number of carbonyl (C=O) groups is 1. The summed E-state index contributed by atoms with van der Waals surface area (Å²) in [6.07, 6.45) is 3.98. The molecule has 5 nitrogen and oxygen atoms in total. The Hall–Kier alpha value is -1.36. The third kappa shape index (κ3) is 4.06. The Morgan fingerprint density at radius 2 is 2.05 bits per heavy atom. The first-order chi connectivity index (χ1) is 9.99. The van der Waals surface area contributed by atoms with E-state index in [-0.39, 0.29) is 5.91 Å². The predicted molar refractivity (Wildman–Crippen MR) is 85.5 cm³/mol. The van der Waals surface area contributed by atoms with Crippen molar-refractivity contribution in [3.63, 3.8) is 0 Å². The van der Waals surface area contributed by atoms with E-state index in [0.717, 1.165) is 36.6 Å². The van der Waals surface area contributed by atoms with E-state index in [9.17, 15) is 4.79 Å². The minimum Gasteiger partial charge on any atom is -0.323 e. The van der Waals surface area contributed by atoms with Gasteiger partial charge < -0.3 is 10.6 Å². The number of nitrogens with zero attached hydrogens (tertiary/aromatic N) is 2. The SMILES string of the molecule is Cc1nn(C(C)C)c(C)c1NC(=O)CCC1CCNCC1. The summed E-state index contributed by atoms with van der Waals surface area (Å²) < 4.78 is 1.97. The molecule has 21 heavy (non-hydrogen) atoms. The van der Waals surface area contributed by atoms with Crippen LogP contribution in [-0.2, 0) is 4.79 Å². The lowest BCUT2D eigenvalue weighted by atomic mass is 9.93. The Bertz CT molecular complexity index is 487. The number of aryl methyl sites for hydroxylation is 1. The molecule has 0 bridgehead atoms. The average Bonchev–Trinajstić information content (AvgIpc) is 2.74. The Labute approximate surface area is 127 Å². The average molecular weight is 292 g/mol. The maximum absolute atomic E-state index is 12.2. The molecule has 1 aliphatic heterocycles. The van der Waals surface area contributed by atoms with E-state index in [1.165, 1.54) is 12.8 Å². The second-order valence-corrected chi connectivity index (χ2v) is 6.36. The van der Waals surface area contributed by atoms with Gasteiger partial charge >= 0.3 is 0 Å². The van der Waals surface area contributed by atoms with E-state index in [1.807, 2.05) is 18.5 Å². The van der Waals surface area contributed by atoms with Gasteiger partial charge in [-0.25, -0.2) is 0 Å². The van der Waals surface area contributed by atoms with Crippen molar-refractivity contribution in [2.75, 3.05) is 18.4 Å². The standard InChI is InChI=1S/C16H28N4O/c1-11(2)20-13(4)16(12(3)19-20)18-15(21)6-5-14-7-9-17-10-8-14/h11,14,17H,5-10H2,1-4H3,(H,18,21). The predicted octanol–water partition coefficient (Wildman–Crippen LogP) is 2.80. The molecule has 1 aromatic heterocycles. The van der Waals surface area contributed by atoms with Crippen molar-refractivity contribution in [2.45, 2.75) is 59.4 Å². The van der Waals surface area contributed by atoms with E-state index in [4.69, 9.17) is 0 Å². The van der Waals surface area contributed by atoms with E-state index >= 15 is 0 Å². The minimum absolute atomic E-state index is 0.114. The normalized spacial score (nSPS) is 16.4. The topological polar surface area (TPSA) is 59.0 Å². The van der Waals surface area contributed by atoms with Crippen molar-refractivity contribution in [3.05, 3.63) is 11.4 Å². The van der Waals surface area contributed by atoms with Crippen LogP contribution in [0.5, 0.6) is 0 Å². The molecular weight excluding hydrogens is 264 g/mol. The third-order valence-corrected chi connectivity index (χ3v) is 4.32. The van der Waals surface area contributed by atoms with Gasteiger partial charge in [-0.1, -0.05) is 0 Å². The number of nitrogens with one attached hydrogen (secondary N) is 2. The minimum atomic E-state index is 0.114. The highest BCUT2D eigenvalue weighted by Gasteiger charge is 2.18. The van der Waals surface area contributed by atoms with E-state index in [0.29, 0.717) is 18.4 Å². The number of piperidine rings is 1. The molecule has 2 heterocycles. The van der Waals surface area contributed by atoms with Gasteiger partial charge in [0.2, 0.25) is 5.91 Å². The molecule has 0 aromatic carbocycles. The Balaban J connectivity index is 1.90. The Kier molecular flexibility index (Phi) is 5.39. The van der Waals surface area contributed by atoms with Crippen LogP contribution in [0.4, 0.5) is 5.69 Å². The Morgan fingerprint density at radius 1 is 1.38 bits per heavy atom. The second kappa shape index (κ2) is 7.07. The maximum atomic E-state index is 12.2. The number of amides is 1. The molecule has 118 valence electrons. The van der Waals surface area contributed by atoms with Crippen molar-refractivity contribution in [1.29, 1.82) is 0 Å². The van der Waals surface area contributed by atoms with Crippen LogP contribution in [0.2, 0.25) is 0 Å². The van der Waals surface area contributed by atoms with Crippen LogP contribution >= 0.6 is 0 Å². The molecule has 1 fully saturated rings. The lowest BCUT2D eigenvalue weighted by Gasteiger charge is -2.22. The highest BCUT2D eigenvalue weighted by Crippen LogP contribution is 2.23. The molecule has 0 spiro atoms. The number of hydrogen-bond acceptors (Lipinski definition) is 3. The van der Waals surface area contributed by atoms with Crippen LogP contribution in [0.15, 0.2) is 0 Å². The van der Waals surface area contributed by atoms with Gasteiger partial charge in [-0.2, -0.15) is 5.10 Å². The summed E-state index contributed by atoms with van der Waals surface area (Å²) in [5.41, 5.74) is 2.83. The summed E-state index contributed by atoms with van der Waals surface area (Å²) in [7, 11) is 0. The summed E-state index contributed by atoms with van der Waals surface area (Å²) in [6.45, 7) is 10.3. The zero-order chi connectivity index (χ0) is 15.4. The second-order valence-electron chi connectivity index (χ2n) is 6.36. The summed E-state index contributed by atoms with van der Waals surface area (Å²) in [4.78, 5) is 12.2. The van der Waals surface area contributed by atoms with Crippen molar-refractivity contribution in [3.8, 4) is 0 Å². The van der Waals surface area contributed by atoms with Crippen LogP contribution in [0, 0.1) is 19.8 Å². The van der Waals surface area contributed by atoms with Gasteiger partial charge in [-0.05, 0) is 66.0 Å². The van der Waals surface area contributed by atoms with Crippen molar-refractivity contribution in [2.24, 2.45) is 5.92 Å². The molecule has 1 saturated heterocycles. The molecule has 2 rings (SSSR count). The fourth-order valence-electron chi connectivity index (χ4n) is 3.05. The van der Waals surface area contributed by atoms with Gasteiger partial charge in [-0.3, -0.25) is 9.48 Å². The van der Waals surface area contributed by atoms with E-state index in [1.54, 1.807) is 0 Å². The van der Waals surface area contributed by atoms with Gasteiger partial charge in [0.1, 0.15) is 0 Å². The summed E-state index contributed by atoms with van der Waals surface area (Å²) in [5.74, 6) is 0.806. The zero-order valence-electron chi connectivity index (χ0n) is 13.7. The first-order valence-electron chi connectivity index (χ1n) is 8.05. The molecule has 0 radical (unpaired) electrons. The maximum Gasteiger partial charge on any atom is 0.224 e. The van der Waals surface area contributed by atoms with Crippen LogP contribution < -0.4 is 10.6 Å². The molecule has 0 aliphatic carbocycles. The molecule has 1 aliphatic rings. The monoisotopic (exact) mass is 292 g/mol. The van der Waals surface area contributed by atoms with Crippen molar-refractivity contribution < 1.29 is 4.79 Å². The molecule has 1 amide bonds. The zero-order valence-corrected chi connectivity index (χ0v) is 13.7. The van der Waals surface area contributed by atoms with Gasteiger partial charge in [0, 0.05) is 12.5 Å². The van der Waals surface area contributed by atoms with E-state index in [2.05, 4.69) is 29.6 Å². The fraction of sp³-hybridized carbons (Fsp3) is 0.750. The molecule has 0 unspecified atom stereocenters. The van der Waals surface area contributed by atoms with Crippen LogP contribution in [0.3, 0.4) is 0 Å². The van der Waals surface area contributed by atoms with Crippen LogP contribution in [0.25, 0.3) is 0 Å². The number of carbonyl (C=O) groups excluding carboxylic acids is 1. The van der Waals surface area contributed by atoms with Gasteiger partial charge in [-0.15, -0.1) is 0 Å². The number of rotatable bonds is 5. The summed E-state index contributed by atoms with van der Waals surface area (Å²) in [6, 6.07) is 0.309. The summed E-state index contributed by atoms with van der Waals surface area (Å²) in [5, 5.41) is 10.9. The quantitative estimate of drug-likeness (QED) is 0.877. The van der Waals surface area contributed by atoms with Gasteiger partial charge in [0.15, 0.2) is 0 Å².